The molecular weight excluding hydrogens is 458 g/mol. The first-order valence-corrected chi connectivity index (χ1v) is 13.1. The molecule has 0 spiro atoms. The number of Topliss-reactive ketones (excluding diaryl/α,β-unsaturated/α-hetero) is 1. The van der Waals surface area contributed by atoms with Crippen molar-refractivity contribution < 1.29 is 14.4 Å². The number of fused-ring (bicyclic) bond motifs is 5. The average molecular weight is 490 g/mol. The third-order valence-electron chi connectivity index (χ3n) is 8.91. The highest BCUT2D eigenvalue weighted by Gasteiger charge is 2.80. The Morgan fingerprint density at radius 3 is 1.89 bits per heavy atom. The molecule has 0 unspecified atom stereocenters. The van der Waals surface area contributed by atoms with E-state index in [1.165, 1.54) is 4.90 Å². The minimum Gasteiger partial charge on any atom is -0.298 e. The van der Waals surface area contributed by atoms with Crippen LogP contribution in [0.1, 0.15) is 48.9 Å². The Kier molecular flexibility index (Phi) is 5.17. The van der Waals surface area contributed by atoms with Gasteiger partial charge in [0.1, 0.15) is 0 Å². The van der Waals surface area contributed by atoms with E-state index in [0.29, 0.717) is 12.1 Å². The van der Waals surface area contributed by atoms with Gasteiger partial charge >= 0.3 is 0 Å². The molecule has 1 aliphatic heterocycles. The highest BCUT2D eigenvalue weighted by Crippen LogP contribution is 2.75. The third-order valence-corrected chi connectivity index (χ3v) is 8.91. The molecule has 1 heterocycles. The number of carbonyl (C=O) groups is 3. The first kappa shape index (κ1) is 23.6. The van der Waals surface area contributed by atoms with Crippen LogP contribution in [-0.4, -0.2) is 17.6 Å². The number of amides is 2. The molecule has 2 bridgehead atoms. The second-order valence-electron chi connectivity index (χ2n) is 11.0. The lowest BCUT2D eigenvalue weighted by atomic mass is 9.61. The van der Waals surface area contributed by atoms with E-state index in [2.05, 4.69) is 6.92 Å². The van der Waals surface area contributed by atoms with Crippen LogP contribution in [0.5, 0.6) is 0 Å². The first-order chi connectivity index (χ1) is 17.8. The second-order valence-corrected chi connectivity index (χ2v) is 11.0. The van der Waals surface area contributed by atoms with Gasteiger partial charge in [0.2, 0.25) is 11.8 Å². The number of carbonyl (C=O) groups excluding carboxylic acids is 3. The van der Waals surface area contributed by atoms with Crippen molar-refractivity contribution in [2.24, 2.45) is 22.7 Å². The summed E-state index contributed by atoms with van der Waals surface area (Å²) in [7, 11) is 0. The quantitative estimate of drug-likeness (QED) is 0.389. The number of allylic oxidation sites excluding steroid dienone is 2. The van der Waals surface area contributed by atoms with Crippen LogP contribution in [0.25, 0.3) is 11.1 Å². The fourth-order valence-corrected chi connectivity index (χ4v) is 7.65. The van der Waals surface area contributed by atoms with Crippen molar-refractivity contribution in [3.8, 4) is 0 Å². The van der Waals surface area contributed by atoms with Crippen LogP contribution in [0.3, 0.4) is 0 Å². The molecule has 1 saturated heterocycles. The molecule has 2 aliphatic carbocycles. The number of hydrogen-bond donors (Lipinski definition) is 0. The molecule has 0 radical (unpaired) electrons. The summed E-state index contributed by atoms with van der Waals surface area (Å²) in [5, 5.41) is 0. The Labute approximate surface area is 218 Å². The van der Waals surface area contributed by atoms with Crippen molar-refractivity contribution in [3.63, 3.8) is 0 Å². The molecule has 4 heteroatoms. The van der Waals surface area contributed by atoms with Gasteiger partial charge in [-0.2, -0.15) is 0 Å². The van der Waals surface area contributed by atoms with E-state index in [4.69, 9.17) is 0 Å². The Hall–Kier alpha value is -3.79. The van der Waals surface area contributed by atoms with Crippen LogP contribution in [0.15, 0.2) is 78.9 Å². The highest BCUT2D eigenvalue weighted by atomic mass is 16.2. The second kappa shape index (κ2) is 8.11. The van der Waals surface area contributed by atoms with Crippen LogP contribution in [0, 0.1) is 36.5 Å². The van der Waals surface area contributed by atoms with Crippen LogP contribution >= 0.6 is 0 Å². The Balaban J connectivity index is 1.66. The van der Waals surface area contributed by atoms with E-state index in [1.54, 1.807) is 0 Å². The topological polar surface area (TPSA) is 54.5 Å². The normalized spacial score (nSPS) is 28.4. The number of aryl methyl sites for hydroxylation is 2. The summed E-state index contributed by atoms with van der Waals surface area (Å²) in [5.74, 6) is -1.90. The molecular formula is C33H31NO3. The first-order valence-electron chi connectivity index (χ1n) is 13.1. The largest absolute Gasteiger partial charge is 0.298 e. The van der Waals surface area contributed by atoms with Crippen LogP contribution < -0.4 is 4.90 Å². The summed E-state index contributed by atoms with van der Waals surface area (Å²) in [4.78, 5) is 44.7. The lowest BCUT2D eigenvalue weighted by molar-refractivity contribution is -0.134. The predicted octanol–water partition coefficient (Wildman–Crippen LogP) is 6.41. The van der Waals surface area contributed by atoms with Crippen molar-refractivity contribution in [2.75, 3.05) is 4.90 Å². The minimum absolute atomic E-state index is 0.0246. The molecule has 2 amide bonds. The maximum absolute atomic E-state index is 14.7. The molecule has 0 aromatic heterocycles. The van der Waals surface area contributed by atoms with E-state index in [-0.39, 0.29) is 17.6 Å². The standard InChI is InChI=1S/C33H31NO3/c1-5-18-33-26(23-14-10-7-11-15-23)25(22-12-8-6-9-13-22)32(4,31(33)37)27-28(33)30(36)34(29(27)35)24-17-16-20(2)19-21(24)3/h6-17,19,27-28H,5,18H2,1-4H3/t27-,28+,32-,33+/m0/s1. The van der Waals surface area contributed by atoms with E-state index in [1.807, 2.05) is 99.6 Å². The molecule has 4 atom stereocenters. The van der Waals surface area contributed by atoms with E-state index in [9.17, 15) is 14.4 Å². The number of benzene rings is 3. The lowest BCUT2D eigenvalue weighted by Gasteiger charge is -2.37. The maximum atomic E-state index is 14.7. The number of ketones is 1. The number of anilines is 1. The summed E-state index contributed by atoms with van der Waals surface area (Å²) >= 11 is 0. The summed E-state index contributed by atoms with van der Waals surface area (Å²) in [6, 6.07) is 25.7. The number of nitrogens with zero attached hydrogens (tertiary/aromatic N) is 1. The summed E-state index contributed by atoms with van der Waals surface area (Å²) in [6.45, 7) is 7.90. The smallest absolute Gasteiger partial charge is 0.239 e. The molecule has 3 aromatic rings. The van der Waals surface area contributed by atoms with Crippen molar-refractivity contribution in [3.05, 3.63) is 101 Å². The van der Waals surface area contributed by atoms with Gasteiger partial charge in [-0.1, -0.05) is 91.7 Å². The molecule has 4 nitrogen and oxygen atoms in total. The molecule has 0 N–H and O–H groups in total. The summed E-state index contributed by atoms with van der Waals surface area (Å²) in [5.41, 5.74) is 4.18. The monoisotopic (exact) mass is 489 g/mol. The third kappa shape index (κ3) is 2.87. The minimum atomic E-state index is -1.09. The van der Waals surface area contributed by atoms with Gasteiger partial charge in [-0.3, -0.25) is 14.4 Å². The van der Waals surface area contributed by atoms with Gasteiger partial charge < -0.3 is 0 Å². The van der Waals surface area contributed by atoms with Gasteiger partial charge in [-0.25, -0.2) is 4.90 Å². The zero-order chi connectivity index (χ0) is 26.1. The van der Waals surface area contributed by atoms with Gasteiger partial charge in [-0.15, -0.1) is 0 Å². The maximum Gasteiger partial charge on any atom is 0.239 e. The Bertz CT molecular complexity index is 1490. The van der Waals surface area contributed by atoms with Crippen molar-refractivity contribution in [1.29, 1.82) is 0 Å². The SMILES string of the molecule is CCC[C@@]12C(=O)[C@@](C)(C(c3ccccc3)=C1c1ccccc1)[C@@H]1C(=O)N(c3ccc(C)cc3C)C(=O)[C@@H]12. The van der Waals surface area contributed by atoms with Gasteiger partial charge in [0, 0.05) is 0 Å². The molecule has 37 heavy (non-hydrogen) atoms. The number of rotatable bonds is 5. The van der Waals surface area contributed by atoms with E-state index in [0.717, 1.165) is 39.8 Å². The molecule has 1 saturated carbocycles. The number of imide groups is 1. The summed E-state index contributed by atoms with van der Waals surface area (Å²) in [6.07, 6.45) is 1.26. The molecule has 2 fully saturated rings. The van der Waals surface area contributed by atoms with Crippen molar-refractivity contribution >= 4 is 34.4 Å². The molecule has 3 aliphatic rings. The van der Waals surface area contributed by atoms with Crippen LogP contribution in [0.2, 0.25) is 0 Å². The zero-order valence-corrected chi connectivity index (χ0v) is 21.7. The van der Waals surface area contributed by atoms with Crippen molar-refractivity contribution in [1.82, 2.24) is 0 Å². The van der Waals surface area contributed by atoms with Crippen LogP contribution in [-0.2, 0) is 14.4 Å². The fourth-order valence-electron chi connectivity index (χ4n) is 7.65. The van der Waals surface area contributed by atoms with E-state index < -0.39 is 22.7 Å². The van der Waals surface area contributed by atoms with Gasteiger partial charge in [0.05, 0.1) is 28.4 Å². The van der Waals surface area contributed by atoms with Crippen molar-refractivity contribution in [2.45, 2.75) is 40.5 Å². The lowest BCUT2D eigenvalue weighted by Crippen LogP contribution is -2.41. The highest BCUT2D eigenvalue weighted by molar-refractivity contribution is 6.34. The Morgan fingerprint density at radius 2 is 1.32 bits per heavy atom. The van der Waals surface area contributed by atoms with Crippen LogP contribution in [0.4, 0.5) is 5.69 Å². The van der Waals surface area contributed by atoms with Gasteiger partial charge in [0.15, 0.2) is 5.78 Å². The molecule has 186 valence electrons. The average Bonchev–Trinajstić information content (AvgIpc) is 3.35. The van der Waals surface area contributed by atoms with E-state index >= 15 is 0 Å². The summed E-state index contributed by atoms with van der Waals surface area (Å²) < 4.78 is 0. The predicted molar refractivity (Wildman–Crippen MR) is 146 cm³/mol. The number of hydrogen-bond acceptors (Lipinski definition) is 3. The van der Waals surface area contributed by atoms with Gasteiger partial charge in [0.25, 0.3) is 0 Å². The Morgan fingerprint density at radius 1 is 0.757 bits per heavy atom. The molecule has 6 rings (SSSR count). The zero-order valence-electron chi connectivity index (χ0n) is 21.7. The molecule has 3 aromatic carbocycles. The van der Waals surface area contributed by atoms with Gasteiger partial charge in [-0.05, 0) is 61.1 Å². The fraction of sp³-hybridized carbons (Fsp3) is 0.303.